The highest BCUT2D eigenvalue weighted by Crippen LogP contribution is 2.26. The van der Waals surface area contributed by atoms with Crippen molar-refractivity contribution in [1.82, 2.24) is 9.97 Å². The molecule has 1 unspecified atom stereocenters. The van der Waals surface area contributed by atoms with E-state index in [0.717, 1.165) is 55.0 Å². The number of nitrogens with zero attached hydrogens (tertiary/aromatic N) is 3. The van der Waals surface area contributed by atoms with Crippen LogP contribution in [0.5, 0.6) is 0 Å². The van der Waals surface area contributed by atoms with Gasteiger partial charge in [-0.2, -0.15) is 4.98 Å². The molecule has 4 nitrogen and oxygen atoms in total. The van der Waals surface area contributed by atoms with Crippen LogP contribution in [0, 0.1) is 5.92 Å². The van der Waals surface area contributed by atoms with Gasteiger partial charge in [0.1, 0.15) is 5.82 Å². The van der Waals surface area contributed by atoms with Gasteiger partial charge in [0.05, 0.1) is 5.69 Å². The monoisotopic (exact) mass is 338 g/mol. The Morgan fingerprint density at radius 3 is 2.76 bits per heavy atom. The molecule has 1 aromatic heterocycles. The number of anilines is 2. The molecule has 1 fully saturated rings. The fourth-order valence-electron chi connectivity index (χ4n) is 3.40. The molecule has 1 saturated heterocycles. The van der Waals surface area contributed by atoms with Crippen LogP contribution in [0.4, 0.5) is 11.8 Å². The minimum absolute atomic E-state index is 0.727. The van der Waals surface area contributed by atoms with Crippen LogP contribution >= 0.6 is 0 Å². The number of nitrogens with one attached hydrogen (secondary N) is 1. The Hall–Kier alpha value is -2.10. The first-order valence-electron chi connectivity index (χ1n) is 9.69. The lowest BCUT2D eigenvalue weighted by atomic mass is 10.0. The molecule has 1 aliphatic heterocycles. The molecule has 2 heterocycles. The number of benzene rings is 1. The number of rotatable bonds is 7. The van der Waals surface area contributed by atoms with Gasteiger partial charge in [-0.25, -0.2) is 4.98 Å². The van der Waals surface area contributed by atoms with Gasteiger partial charge in [0.15, 0.2) is 0 Å². The molecule has 4 heteroatoms. The summed E-state index contributed by atoms with van der Waals surface area (Å²) in [5.74, 6) is 2.54. The van der Waals surface area contributed by atoms with Crippen LogP contribution in [0.25, 0.3) is 11.3 Å². The zero-order valence-corrected chi connectivity index (χ0v) is 15.5. The van der Waals surface area contributed by atoms with Crippen LogP contribution in [0.3, 0.4) is 0 Å². The van der Waals surface area contributed by atoms with Crippen LogP contribution in [0.15, 0.2) is 36.4 Å². The highest BCUT2D eigenvalue weighted by atomic mass is 15.2. The number of aromatic nitrogens is 2. The minimum atomic E-state index is 0.727. The van der Waals surface area contributed by atoms with Gasteiger partial charge in [-0.3, -0.25) is 0 Å². The van der Waals surface area contributed by atoms with Crippen molar-refractivity contribution in [2.24, 2.45) is 5.92 Å². The molecule has 0 amide bonds. The van der Waals surface area contributed by atoms with Crippen molar-refractivity contribution in [1.29, 1.82) is 0 Å². The predicted molar refractivity (Wildman–Crippen MR) is 106 cm³/mol. The average Bonchev–Trinajstić information content (AvgIpc) is 2.66. The summed E-state index contributed by atoms with van der Waals surface area (Å²) in [5.41, 5.74) is 2.15. The fourth-order valence-corrected chi connectivity index (χ4v) is 3.40. The molecule has 0 radical (unpaired) electrons. The normalized spacial score (nSPS) is 17.5. The van der Waals surface area contributed by atoms with Gasteiger partial charge in [0.25, 0.3) is 0 Å². The van der Waals surface area contributed by atoms with Crippen LogP contribution in [0.1, 0.15) is 46.0 Å². The van der Waals surface area contributed by atoms with E-state index in [1.165, 1.54) is 25.7 Å². The third-order valence-electron chi connectivity index (χ3n) is 4.83. The SMILES string of the molecule is CCCCCNc1nc(-c2ccccc2)cc(N2CCCC(C)C2)n1. The van der Waals surface area contributed by atoms with Crippen molar-refractivity contribution in [3.63, 3.8) is 0 Å². The zero-order chi connectivity index (χ0) is 17.5. The molecule has 0 saturated carbocycles. The molecule has 0 bridgehead atoms. The largest absolute Gasteiger partial charge is 0.356 e. The lowest BCUT2D eigenvalue weighted by Gasteiger charge is -2.32. The first-order valence-corrected chi connectivity index (χ1v) is 9.69. The van der Waals surface area contributed by atoms with Gasteiger partial charge in [0, 0.05) is 31.3 Å². The number of hydrogen-bond donors (Lipinski definition) is 1. The first-order chi connectivity index (χ1) is 12.3. The molecule has 0 spiro atoms. The smallest absolute Gasteiger partial charge is 0.225 e. The minimum Gasteiger partial charge on any atom is -0.356 e. The third kappa shape index (κ3) is 4.94. The molecule has 2 aromatic rings. The summed E-state index contributed by atoms with van der Waals surface area (Å²) in [4.78, 5) is 12.0. The average molecular weight is 338 g/mol. The highest BCUT2D eigenvalue weighted by Gasteiger charge is 2.19. The Morgan fingerprint density at radius 1 is 1.16 bits per heavy atom. The summed E-state index contributed by atoms with van der Waals surface area (Å²) in [6.07, 6.45) is 6.18. The summed E-state index contributed by atoms with van der Waals surface area (Å²) in [7, 11) is 0. The van der Waals surface area contributed by atoms with Crippen molar-refractivity contribution in [2.45, 2.75) is 46.0 Å². The Bertz CT molecular complexity index is 656. The molecule has 1 aromatic carbocycles. The molecular weight excluding hydrogens is 308 g/mol. The van der Waals surface area contributed by atoms with E-state index in [4.69, 9.17) is 9.97 Å². The fraction of sp³-hybridized carbons (Fsp3) is 0.524. The quantitative estimate of drug-likeness (QED) is 0.723. The summed E-state index contributed by atoms with van der Waals surface area (Å²) in [6, 6.07) is 12.5. The van der Waals surface area contributed by atoms with Gasteiger partial charge >= 0.3 is 0 Å². The van der Waals surface area contributed by atoms with Gasteiger partial charge < -0.3 is 10.2 Å². The summed E-state index contributed by atoms with van der Waals surface area (Å²) < 4.78 is 0. The second-order valence-corrected chi connectivity index (χ2v) is 7.13. The topological polar surface area (TPSA) is 41.1 Å². The first kappa shape index (κ1) is 17.7. The van der Waals surface area contributed by atoms with Crippen molar-refractivity contribution in [3.05, 3.63) is 36.4 Å². The van der Waals surface area contributed by atoms with Gasteiger partial charge in [-0.15, -0.1) is 0 Å². The van der Waals surface area contributed by atoms with E-state index in [1.807, 2.05) is 6.07 Å². The van der Waals surface area contributed by atoms with E-state index in [1.54, 1.807) is 0 Å². The second kappa shape index (κ2) is 8.84. The van der Waals surface area contributed by atoms with Crippen molar-refractivity contribution in [3.8, 4) is 11.3 Å². The Kier molecular flexibility index (Phi) is 6.26. The predicted octanol–water partition coefficient (Wildman–Crippen LogP) is 4.98. The molecule has 3 rings (SSSR count). The second-order valence-electron chi connectivity index (χ2n) is 7.13. The van der Waals surface area contributed by atoms with E-state index >= 15 is 0 Å². The van der Waals surface area contributed by atoms with Gasteiger partial charge in [-0.05, 0) is 25.2 Å². The van der Waals surface area contributed by atoms with Crippen LogP contribution in [-0.2, 0) is 0 Å². The van der Waals surface area contributed by atoms with Crippen molar-refractivity contribution < 1.29 is 0 Å². The van der Waals surface area contributed by atoms with E-state index in [2.05, 4.69) is 54.4 Å². The molecular formula is C21H30N4. The molecule has 1 aliphatic rings. The lowest BCUT2D eigenvalue weighted by molar-refractivity contribution is 0.444. The standard InChI is InChI=1S/C21H30N4/c1-3-4-8-13-22-21-23-19(18-11-6-5-7-12-18)15-20(24-21)25-14-9-10-17(2)16-25/h5-7,11-12,15,17H,3-4,8-10,13-14,16H2,1-2H3,(H,22,23,24). The number of unbranched alkanes of at least 4 members (excludes halogenated alkanes) is 2. The van der Waals surface area contributed by atoms with E-state index < -0.39 is 0 Å². The lowest BCUT2D eigenvalue weighted by Crippen LogP contribution is -2.35. The zero-order valence-electron chi connectivity index (χ0n) is 15.5. The Morgan fingerprint density at radius 2 is 2.00 bits per heavy atom. The molecule has 134 valence electrons. The van der Waals surface area contributed by atoms with E-state index in [9.17, 15) is 0 Å². The maximum Gasteiger partial charge on any atom is 0.225 e. The van der Waals surface area contributed by atoms with Crippen LogP contribution in [-0.4, -0.2) is 29.6 Å². The number of piperidine rings is 1. The van der Waals surface area contributed by atoms with Crippen LogP contribution < -0.4 is 10.2 Å². The molecule has 1 atom stereocenters. The molecule has 0 aliphatic carbocycles. The highest BCUT2D eigenvalue weighted by molar-refractivity contribution is 5.64. The maximum atomic E-state index is 4.82. The van der Waals surface area contributed by atoms with Crippen molar-refractivity contribution in [2.75, 3.05) is 29.9 Å². The van der Waals surface area contributed by atoms with Crippen molar-refractivity contribution >= 4 is 11.8 Å². The summed E-state index contributed by atoms with van der Waals surface area (Å²) in [5, 5.41) is 3.43. The Balaban J connectivity index is 1.85. The van der Waals surface area contributed by atoms with Gasteiger partial charge in [0.2, 0.25) is 5.95 Å². The van der Waals surface area contributed by atoms with Gasteiger partial charge in [-0.1, -0.05) is 57.0 Å². The molecule has 25 heavy (non-hydrogen) atoms. The molecule has 1 N–H and O–H groups in total. The maximum absolute atomic E-state index is 4.82. The Labute approximate surface area is 151 Å². The van der Waals surface area contributed by atoms with E-state index in [-0.39, 0.29) is 0 Å². The van der Waals surface area contributed by atoms with Crippen LogP contribution in [0.2, 0.25) is 0 Å². The summed E-state index contributed by atoms with van der Waals surface area (Å²) in [6.45, 7) is 7.66. The van der Waals surface area contributed by atoms with E-state index in [0.29, 0.717) is 0 Å². The summed E-state index contributed by atoms with van der Waals surface area (Å²) >= 11 is 0. The third-order valence-corrected chi connectivity index (χ3v) is 4.83. The number of hydrogen-bond acceptors (Lipinski definition) is 4.